The number of hydrogen-bond acceptors (Lipinski definition) is 12. The first-order chi connectivity index (χ1) is 17.8. The Bertz CT molecular complexity index is 1240. The van der Waals surface area contributed by atoms with Gasteiger partial charge >= 0.3 is 11.9 Å². The van der Waals surface area contributed by atoms with Gasteiger partial charge in [0.05, 0.1) is 0 Å². The number of aromatic nitrogens is 1. The van der Waals surface area contributed by atoms with E-state index in [1.807, 2.05) is 0 Å². The van der Waals surface area contributed by atoms with E-state index in [0.717, 1.165) is 11.8 Å². The monoisotopic (exact) mass is 562 g/mol. The van der Waals surface area contributed by atoms with Crippen molar-refractivity contribution in [2.75, 3.05) is 18.3 Å². The van der Waals surface area contributed by atoms with E-state index in [1.165, 1.54) is 41.1 Å². The van der Waals surface area contributed by atoms with E-state index < -0.39 is 48.0 Å². The van der Waals surface area contributed by atoms with Crippen molar-refractivity contribution in [1.29, 1.82) is 0 Å². The van der Waals surface area contributed by atoms with Gasteiger partial charge in [0.2, 0.25) is 17.8 Å². The second-order valence-corrected chi connectivity index (χ2v) is 10.8. The van der Waals surface area contributed by atoms with Crippen molar-refractivity contribution in [1.82, 2.24) is 15.2 Å². The van der Waals surface area contributed by atoms with E-state index in [0.29, 0.717) is 21.9 Å². The molecule has 1 aromatic carbocycles. The Labute approximate surface area is 224 Å². The Morgan fingerprint density at radius 2 is 2.00 bits per heavy atom. The first kappa shape index (κ1) is 26.9. The van der Waals surface area contributed by atoms with Gasteiger partial charge in [-0.2, -0.15) is 0 Å². The first-order valence-corrected chi connectivity index (χ1v) is 13.8. The number of carbonyl (C=O) groups excluding carboxylic acids is 5. The van der Waals surface area contributed by atoms with Crippen molar-refractivity contribution in [3.63, 3.8) is 0 Å². The maximum Gasteiger partial charge on any atom is 0.357 e. The zero-order chi connectivity index (χ0) is 26.5. The topological polar surface area (TPSA) is 158 Å². The summed E-state index contributed by atoms with van der Waals surface area (Å²) in [7, 11) is 0. The number of β-lactam (4-membered cyclic amide) rings is 1. The van der Waals surface area contributed by atoms with E-state index in [-0.39, 0.29) is 16.6 Å². The molecule has 0 aliphatic carbocycles. The average molecular weight is 563 g/mol. The van der Waals surface area contributed by atoms with Gasteiger partial charge in [-0.15, -0.1) is 23.1 Å². The molecule has 2 unspecified atom stereocenters. The number of esters is 2. The number of nitrogens with one attached hydrogen (secondary N) is 1. The van der Waals surface area contributed by atoms with E-state index in [9.17, 15) is 24.0 Å². The molecular formula is C23H22N4O7S3. The molecule has 0 radical (unpaired) electrons. The van der Waals surface area contributed by atoms with Gasteiger partial charge in [0.15, 0.2) is 5.01 Å². The fraction of sp³-hybridized carbons (Fsp3) is 0.304. The molecule has 2 amide bonds. The van der Waals surface area contributed by atoms with Crippen LogP contribution in [0.4, 0.5) is 0 Å². The standard InChI is InChI=1S/C23H22N4O7S3/c1-12(28)33-11-34-22(31)17-14(10-37-23(32)19-25-7-8-35-19)9-36-21-16(20(30)27(17)21)26-18(29)15(24)13-5-3-2-4-6-13/h2-8,15-16,21H,9-11,24H2,1H3,(H,26,29)/t15?,16?,21-/m0/s1. The summed E-state index contributed by atoms with van der Waals surface area (Å²) in [6.07, 6.45) is 1.52. The summed E-state index contributed by atoms with van der Waals surface area (Å²) in [6.45, 7) is 0.543. The molecule has 14 heteroatoms. The number of benzene rings is 1. The molecular weight excluding hydrogens is 540 g/mol. The minimum atomic E-state index is -0.968. The number of fused-ring (bicyclic) bond motifs is 1. The molecule has 1 saturated heterocycles. The second kappa shape index (κ2) is 11.9. The molecule has 0 saturated carbocycles. The molecule has 11 nitrogen and oxygen atoms in total. The lowest BCUT2D eigenvalue weighted by Crippen LogP contribution is -2.71. The number of nitrogens with two attached hydrogens (primary N) is 1. The molecule has 3 atom stereocenters. The van der Waals surface area contributed by atoms with Crippen LogP contribution in [0.1, 0.15) is 28.3 Å². The van der Waals surface area contributed by atoms with Crippen LogP contribution in [0.15, 0.2) is 53.2 Å². The van der Waals surface area contributed by atoms with Gasteiger partial charge in [0.25, 0.3) is 5.91 Å². The van der Waals surface area contributed by atoms with Gasteiger partial charge in [0, 0.05) is 30.0 Å². The molecule has 4 rings (SSSR count). The maximum absolute atomic E-state index is 13.1. The number of hydrogen-bond donors (Lipinski definition) is 2. The lowest BCUT2D eigenvalue weighted by Gasteiger charge is -2.49. The van der Waals surface area contributed by atoms with Gasteiger partial charge in [-0.1, -0.05) is 42.1 Å². The van der Waals surface area contributed by atoms with Crippen molar-refractivity contribution >= 4 is 63.7 Å². The summed E-state index contributed by atoms with van der Waals surface area (Å²) in [6, 6.07) is 6.88. The molecule has 3 heterocycles. The predicted molar refractivity (Wildman–Crippen MR) is 137 cm³/mol. The van der Waals surface area contributed by atoms with E-state index in [1.54, 1.807) is 35.7 Å². The van der Waals surface area contributed by atoms with Crippen LogP contribution in [0.3, 0.4) is 0 Å². The number of thiazole rings is 1. The number of rotatable bonds is 9. The lowest BCUT2D eigenvalue weighted by molar-refractivity contribution is -0.166. The van der Waals surface area contributed by atoms with Crippen LogP contribution in [-0.2, 0) is 28.7 Å². The van der Waals surface area contributed by atoms with Gasteiger partial charge in [-0.3, -0.25) is 24.1 Å². The largest absolute Gasteiger partial charge is 0.428 e. The van der Waals surface area contributed by atoms with Gasteiger partial charge in [0.1, 0.15) is 23.2 Å². The molecule has 1 aromatic heterocycles. The smallest absolute Gasteiger partial charge is 0.357 e. The molecule has 0 bridgehead atoms. The quantitative estimate of drug-likeness (QED) is 0.259. The third kappa shape index (κ3) is 6.04. The maximum atomic E-state index is 13.1. The second-order valence-electron chi connectivity index (χ2n) is 7.84. The van der Waals surface area contributed by atoms with Crippen molar-refractivity contribution in [3.8, 4) is 0 Å². The third-order valence-corrected chi connectivity index (χ3v) is 8.61. The molecule has 2 aromatic rings. The summed E-state index contributed by atoms with van der Waals surface area (Å²) in [5, 5.41) is 3.85. The molecule has 2 aliphatic heterocycles. The minimum Gasteiger partial charge on any atom is -0.428 e. The SMILES string of the molecule is CC(=O)OCOC(=O)C1=C(CSC(=O)c2nccs2)CS[C@H]2C(NC(=O)C(N)c3ccccc3)C(=O)N12. The Kier molecular flexibility index (Phi) is 8.63. The summed E-state index contributed by atoms with van der Waals surface area (Å²) in [5.41, 5.74) is 7.13. The van der Waals surface area contributed by atoms with Crippen LogP contribution in [0.2, 0.25) is 0 Å². The Morgan fingerprint density at radius 3 is 2.68 bits per heavy atom. The minimum absolute atomic E-state index is 0.0294. The van der Waals surface area contributed by atoms with Crippen LogP contribution >= 0.6 is 34.9 Å². The zero-order valence-corrected chi connectivity index (χ0v) is 21.9. The highest BCUT2D eigenvalue weighted by Gasteiger charge is 2.54. The third-order valence-electron chi connectivity index (χ3n) is 5.42. The van der Waals surface area contributed by atoms with E-state index in [2.05, 4.69) is 15.0 Å². The molecule has 194 valence electrons. The molecule has 3 N–H and O–H groups in total. The average Bonchev–Trinajstić information content (AvgIpc) is 3.44. The van der Waals surface area contributed by atoms with Crippen LogP contribution in [-0.4, -0.2) is 68.5 Å². The highest BCUT2D eigenvalue weighted by atomic mass is 32.2. The number of thioether (sulfide) groups is 2. The number of nitrogens with zero attached hydrogens (tertiary/aromatic N) is 2. The summed E-state index contributed by atoms with van der Waals surface area (Å²) in [5.74, 6) is -2.12. The van der Waals surface area contributed by atoms with Crippen molar-refractivity contribution < 1.29 is 33.4 Å². The van der Waals surface area contributed by atoms with Gasteiger partial charge in [-0.05, 0) is 11.1 Å². The summed E-state index contributed by atoms with van der Waals surface area (Å²) >= 11 is 3.49. The van der Waals surface area contributed by atoms with Gasteiger partial charge in [-0.25, -0.2) is 9.78 Å². The molecule has 1 fully saturated rings. The fourth-order valence-corrected chi connectivity index (χ4v) is 6.60. The molecule has 2 aliphatic rings. The number of amides is 2. The predicted octanol–water partition coefficient (Wildman–Crippen LogP) is 1.43. The van der Waals surface area contributed by atoms with E-state index >= 15 is 0 Å². The zero-order valence-electron chi connectivity index (χ0n) is 19.4. The van der Waals surface area contributed by atoms with Crippen molar-refractivity contribution in [2.45, 2.75) is 24.4 Å². The normalized spacial score (nSPS) is 19.4. The van der Waals surface area contributed by atoms with Gasteiger partial charge < -0.3 is 20.5 Å². The number of carbonyl (C=O) groups is 5. The van der Waals surface area contributed by atoms with Crippen LogP contribution < -0.4 is 11.1 Å². The van der Waals surface area contributed by atoms with Crippen molar-refractivity contribution in [2.24, 2.45) is 5.73 Å². The first-order valence-electron chi connectivity index (χ1n) is 10.9. The van der Waals surface area contributed by atoms with E-state index in [4.69, 9.17) is 10.5 Å². The summed E-state index contributed by atoms with van der Waals surface area (Å²) in [4.78, 5) is 67.5. The van der Waals surface area contributed by atoms with Crippen LogP contribution in [0, 0.1) is 0 Å². The fourth-order valence-electron chi connectivity index (χ4n) is 3.61. The molecule has 0 spiro atoms. The van der Waals surface area contributed by atoms with Crippen LogP contribution in [0.25, 0.3) is 0 Å². The summed E-state index contributed by atoms with van der Waals surface area (Å²) < 4.78 is 9.74. The van der Waals surface area contributed by atoms with Crippen LogP contribution in [0.5, 0.6) is 0 Å². The highest BCUT2D eigenvalue weighted by Crippen LogP contribution is 2.41. The molecule has 37 heavy (non-hydrogen) atoms. The Hall–Kier alpha value is -3.20. The van der Waals surface area contributed by atoms with Crippen molar-refractivity contribution in [3.05, 3.63) is 63.7 Å². The number of ether oxygens (including phenoxy) is 2. The Balaban J connectivity index is 1.49. The Morgan fingerprint density at radius 1 is 1.24 bits per heavy atom. The lowest BCUT2D eigenvalue weighted by atomic mass is 10.0. The highest BCUT2D eigenvalue weighted by molar-refractivity contribution is 8.14.